The quantitative estimate of drug-likeness (QED) is 0.476. The third kappa shape index (κ3) is 4.98. The first-order valence-corrected chi connectivity index (χ1v) is 10.9. The van der Waals surface area contributed by atoms with Gasteiger partial charge in [0.05, 0.1) is 0 Å². The van der Waals surface area contributed by atoms with E-state index in [1.807, 2.05) is 26.0 Å². The number of amides is 3. The maximum absolute atomic E-state index is 12.0. The van der Waals surface area contributed by atoms with Gasteiger partial charge in [-0.3, -0.25) is 14.4 Å². The summed E-state index contributed by atoms with van der Waals surface area (Å²) in [5, 5.41) is 9.38. The number of aryl methyl sites for hydroxylation is 1. The lowest BCUT2D eigenvalue weighted by atomic mass is 9.72. The molecule has 9 heteroatoms. The monoisotopic (exact) mass is 442 g/mol. The zero-order valence-electron chi connectivity index (χ0n) is 18.9. The van der Waals surface area contributed by atoms with Gasteiger partial charge in [-0.2, -0.15) is 5.10 Å². The molecule has 1 heterocycles. The van der Waals surface area contributed by atoms with Crippen molar-refractivity contribution in [3.05, 3.63) is 34.9 Å². The molecule has 2 aliphatic rings. The molecular formula is C23H30N4O5. The molecule has 0 radical (unpaired) electrons. The first kappa shape index (κ1) is 23.4. The number of Topliss-reactive ketones (excluding diaryl/α,β-unsaturated/α-hetero) is 1. The molecule has 1 atom stereocenters. The minimum atomic E-state index is -0.823. The summed E-state index contributed by atoms with van der Waals surface area (Å²) in [5.74, 6) is -0.995. The summed E-state index contributed by atoms with van der Waals surface area (Å²) in [6, 6.07) is 5.30. The number of hydrogen-bond donors (Lipinski definition) is 3. The molecule has 3 amide bonds. The van der Waals surface area contributed by atoms with Crippen molar-refractivity contribution >= 4 is 29.4 Å². The number of likely N-dealkylation sites (N-methyl/N-ethyl adjacent to an activating group) is 1. The fourth-order valence-electron chi connectivity index (χ4n) is 4.59. The fourth-order valence-corrected chi connectivity index (χ4v) is 4.59. The molecule has 1 spiro atoms. The van der Waals surface area contributed by atoms with Crippen molar-refractivity contribution < 1.29 is 23.9 Å². The van der Waals surface area contributed by atoms with Crippen LogP contribution in [0.2, 0.25) is 0 Å². The number of nitrogens with one attached hydrogen (secondary N) is 3. The molecule has 1 saturated carbocycles. The van der Waals surface area contributed by atoms with Gasteiger partial charge in [0.25, 0.3) is 0 Å². The van der Waals surface area contributed by atoms with Crippen LogP contribution in [0, 0.1) is 12.8 Å². The Labute approximate surface area is 187 Å². The number of hydrogen-bond acceptors (Lipinski definition) is 6. The van der Waals surface area contributed by atoms with E-state index in [2.05, 4.69) is 21.2 Å². The van der Waals surface area contributed by atoms with Gasteiger partial charge < -0.3 is 15.4 Å². The van der Waals surface area contributed by atoms with Gasteiger partial charge >= 0.3 is 17.9 Å². The van der Waals surface area contributed by atoms with Crippen LogP contribution >= 0.6 is 0 Å². The average molecular weight is 443 g/mol. The number of nitrogens with zero attached hydrogens (tertiary/aromatic N) is 1. The predicted molar refractivity (Wildman–Crippen MR) is 118 cm³/mol. The molecule has 1 aromatic rings. The third-order valence-corrected chi connectivity index (χ3v) is 6.28. The van der Waals surface area contributed by atoms with Crippen LogP contribution in [0.15, 0.2) is 23.3 Å². The molecule has 0 unspecified atom stereocenters. The van der Waals surface area contributed by atoms with Crippen LogP contribution in [0.4, 0.5) is 4.79 Å². The normalized spacial score (nSPS) is 23.4. The average Bonchev–Trinajstić information content (AvgIpc) is 2.75. The zero-order valence-corrected chi connectivity index (χ0v) is 18.9. The second-order valence-corrected chi connectivity index (χ2v) is 8.67. The van der Waals surface area contributed by atoms with Crippen LogP contribution in [0.3, 0.4) is 0 Å². The van der Waals surface area contributed by atoms with Crippen LogP contribution in [0.5, 0.6) is 0 Å². The van der Waals surface area contributed by atoms with Gasteiger partial charge in [-0.25, -0.2) is 10.2 Å². The Hall–Kier alpha value is -3.23. The number of hydrazone groups is 1. The first-order valence-electron chi connectivity index (χ1n) is 10.9. The van der Waals surface area contributed by atoms with Gasteiger partial charge in [-0.15, -0.1) is 0 Å². The summed E-state index contributed by atoms with van der Waals surface area (Å²) in [7, 11) is 1.42. The molecule has 3 rings (SSSR count). The van der Waals surface area contributed by atoms with Crippen molar-refractivity contribution in [2.45, 2.75) is 64.5 Å². The maximum atomic E-state index is 12.0. The number of ketones is 1. The van der Waals surface area contributed by atoms with E-state index < -0.39 is 23.5 Å². The lowest BCUT2D eigenvalue weighted by Crippen LogP contribution is -2.52. The lowest BCUT2D eigenvalue weighted by molar-refractivity contribution is -0.139. The van der Waals surface area contributed by atoms with Crippen LogP contribution in [0.25, 0.3) is 0 Å². The standard InChI is InChI=1S/C23H30N4O5/c1-13-11-17(15(3)28)5-6-18(13)19-23(32-22(31)27-26-19)9-7-16(8-10-23)12-14(2)25-21(30)20(29)24-4/h5-6,11,14,16H,7-10,12H2,1-4H3,(H,24,29)(H,25,30)(H,27,31)/t14-,16?,23?/m0/s1. The molecular weight excluding hydrogens is 412 g/mol. The summed E-state index contributed by atoms with van der Waals surface area (Å²) in [6.45, 7) is 5.32. The molecule has 1 aromatic carbocycles. The summed E-state index contributed by atoms with van der Waals surface area (Å²) in [4.78, 5) is 47.0. The second-order valence-electron chi connectivity index (χ2n) is 8.67. The van der Waals surface area contributed by atoms with E-state index in [-0.39, 0.29) is 11.8 Å². The highest BCUT2D eigenvalue weighted by atomic mass is 16.6. The molecule has 9 nitrogen and oxygen atoms in total. The molecule has 0 bridgehead atoms. The van der Waals surface area contributed by atoms with Gasteiger partial charge in [0.1, 0.15) is 5.71 Å². The summed E-state index contributed by atoms with van der Waals surface area (Å²) in [5.41, 5.74) is 4.63. The smallest absolute Gasteiger partial charge is 0.428 e. The van der Waals surface area contributed by atoms with Crippen molar-refractivity contribution in [3.63, 3.8) is 0 Å². The molecule has 0 saturated heterocycles. The van der Waals surface area contributed by atoms with Crippen LogP contribution in [-0.4, -0.2) is 48.1 Å². The second kappa shape index (κ2) is 9.50. The van der Waals surface area contributed by atoms with Gasteiger partial charge in [-0.1, -0.05) is 12.1 Å². The Bertz CT molecular complexity index is 963. The SMILES string of the molecule is CNC(=O)C(=O)N[C@@H](C)CC1CCC2(CC1)OC(=O)NN=C2c1ccc(C(C)=O)cc1C. The highest BCUT2D eigenvalue weighted by Gasteiger charge is 2.46. The van der Waals surface area contributed by atoms with Crippen molar-refractivity contribution in [1.29, 1.82) is 0 Å². The zero-order chi connectivity index (χ0) is 23.5. The molecule has 32 heavy (non-hydrogen) atoms. The topological polar surface area (TPSA) is 126 Å². The molecule has 172 valence electrons. The van der Waals surface area contributed by atoms with E-state index in [1.54, 1.807) is 6.07 Å². The summed E-state index contributed by atoms with van der Waals surface area (Å²) in [6.07, 6.45) is 2.94. The molecule has 1 fully saturated rings. The van der Waals surface area contributed by atoms with Crippen molar-refractivity contribution in [1.82, 2.24) is 16.1 Å². The first-order chi connectivity index (χ1) is 15.1. The minimum absolute atomic E-state index is 0.0114. The number of ether oxygens (including phenoxy) is 1. The Morgan fingerprint density at radius 3 is 2.53 bits per heavy atom. The highest BCUT2D eigenvalue weighted by Crippen LogP contribution is 2.41. The molecule has 1 aliphatic heterocycles. The van der Waals surface area contributed by atoms with E-state index in [4.69, 9.17) is 4.74 Å². The highest BCUT2D eigenvalue weighted by molar-refractivity contribution is 6.35. The summed E-state index contributed by atoms with van der Waals surface area (Å²) >= 11 is 0. The lowest BCUT2D eigenvalue weighted by Gasteiger charge is -2.42. The molecule has 0 aromatic heterocycles. The Balaban J connectivity index is 1.72. The molecule has 3 N–H and O–H groups in total. The van der Waals surface area contributed by atoms with E-state index >= 15 is 0 Å². The Morgan fingerprint density at radius 1 is 1.25 bits per heavy atom. The minimum Gasteiger partial charge on any atom is -0.435 e. The number of rotatable bonds is 5. The number of benzene rings is 1. The van der Waals surface area contributed by atoms with Gasteiger partial charge in [0.15, 0.2) is 11.4 Å². The molecule has 1 aliphatic carbocycles. The van der Waals surface area contributed by atoms with Crippen LogP contribution < -0.4 is 16.1 Å². The number of carbonyl (C=O) groups is 4. The number of carbonyl (C=O) groups excluding carboxylic acids is 4. The van der Waals surface area contributed by atoms with E-state index in [0.717, 1.165) is 30.4 Å². The van der Waals surface area contributed by atoms with E-state index in [0.29, 0.717) is 30.0 Å². The van der Waals surface area contributed by atoms with E-state index in [9.17, 15) is 19.2 Å². The maximum Gasteiger partial charge on any atom is 0.428 e. The van der Waals surface area contributed by atoms with Crippen molar-refractivity contribution in [2.24, 2.45) is 11.0 Å². The Morgan fingerprint density at radius 2 is 1.94 bits per heavy atom. The van der Waals surface area contributed by atoms with E-state index in [1.165, 1.54) is 14.0 Å². The fraction of sp³-hybridized carbons (Fsp3) is 0.522. The van der Waals surface area contributed by atoms with Crippen molar-refractivity contribution in [2.75, 3.05) is 7.05 Å². The van der Waals surface area contributed by atoms with Crippen LogP contribution in [-0.2, 0) is 14.3 Å². The van der Waals surface area contributed by atoms with Crippen LogP contribution in [0.1, 0.15) is 67.4 Å². The van der Waals surface area contributed by atoms with Gasteiger partial charge in [0.2, 0.25) is 0 Å². The van der Waals surface area contributed by atoms with Gasteiger partial charge in [0, 0.05) is 24.2 Å². The largest absolute Gasteiger partial charge is 0.435 e. The van der Waals surface area contributed by atoms with Crippen molar-refractivity contribution in [3.8, 4) is 0 Å². The third-order valence-electron chi connectivity index (χ3n) is 6.28. The van der Waals surface area contributed by atoms with Gasteiger partial charge in [-0.05, 0) is 70.4 Å². The predicted octanol–water partition coefficient (Wildman–Crippen LogP) is 2.21. The Kier molecular flexibility index (Phi) is 6.96. The summed E-state index contributed by atoms with van der Waals surface area (Å²) < 4.78 is 5.81.